The van der Waals surface area contributed by atoms with Crippen molar-refractivity contribution in [1.82, 2.24) is 30.9 Å². The summed E-state index contributed by atoms with van der Waals surface area (Å²) in [4.78, 5) is 123. The van der Waals surface area contributed by atoms with Crippen LogP contribution in [0.2, 0.25) is 30.1 Å². The van der Waals surface area contributed by atoms with Crippen LogP contribution in [-0.2, 0) is 96.0 Å². The van der Waals surface area contributed by atoms with Crippen LogP contribution in [0.3, 0.4) is 0 Å². The van der Waals surface area contributed by atoms with Gasteiger partial charge < -0.3 is 68.0 Å². The van der Waals surface area contributed by atoms with Crippen molar-refractivity contribution in [1.29, 1.82) is 0 Å². The number of carbonyl (C=O) groups excluding carboxylic acids is 7. The van der Waals surface area contributed by atoms with Crippen LogP contribution in [0.25, 0.3) is 0 Å². The number of benzene rings is 6. The predicted molar refractivity (Wildman–Crippen MR) is 429 cm³/mol. The van der Waals surface area contributed by atoms with E-state index in [0.29, 0.717) is 39.7 Å². The van der Waals surface area contributed by atoms with Crippen molar-refractivity contribution in [2.45, 2.75) is 95.2 Å². The number of methoxy groups -OCH3 is 2. The standard InChI is InChI=1S/C27H26Cl2N4O4.C26H24Cl2N4O4.C17H16Cl2N2O3.C10H12N2O2/c1-37-27(36)22(33-26(35)24-20(28)5-2-6-21(24)29)14-16-7-10-18(11-8-16)31-23(34)15-19-12-9-17-4-3-13-30-25(17)32-19;27-19-4-1-5-20(28)23(19)25(34)32-21(26(35)36)13-15-6-9-17(10-7-15)30-22(33)14-18-11-8-16-3-2-12-29-24(16)31-18;1-24-17(23)14(9-10-5-7-11(20)8-6-10)21-16(22)15-12(18)3-2-4-13(15)19;13-9(14)6-8-4-3-7-2-1-5-11-10(7)12-8/h2,5-12,22H,3-4,13-15H2,1H3,(H,30,32)(H,31,34)(H,33,35);1,4-11,21H,2-3,12-14H2,(H,29,31)(H,30,33)(H,32,34)(H,35,36);2-8,14H,9,20H2,1H3,(H,21,22);3-4H,1-2,5-6H2,(H,11,12)(H,13,14)/t22-;21-;14-;/m000./s1. The first-order valence-corrected chi connectivity index (χ1v) is 37.2. The second kappa shape index (κ2) is 41.1. The number of fused-ring (bicyclic) bond motifs is 3. The fourth-order valence-corrected chi connectivity index (χ4v) is 13.5. The average molecular weight is 1630 g/mol. The number of aliphatic carboxylic acids is 2. The van der Waals surface area contributed by atoms with Crippen LogP contribution in [0.1, 0.15) is 101 Å². The van der Waals surface area contributed by atoms with E-state index in [9.17, 15) is 48.3 Å². The molecule has 0 spiro atoms. The minimum Gasteiger partial charge on any atom is -0.481 e. The molecule has 3 atom stereocenters. The highest BCUT2D eigenvalue weighted by molar-refractivity contribution is 6.41. The van der Waals surface area contributed by atoms with Crippen molar-refractivity contribution in [3.05, 3.63) is 261 Å². The van der Waals surface area contributed by atoms with Gasteiger partial charge in [0.15, 0.2) is 0 Å². The highest BCUT2D eigenvalue weighted by Crippen LogP contribution is 2.29. The van der Waals surface area contributed by atoms with Gasteiger partial charge in [-0.05, 0) is 163 Å². The van der Waals surface area contributed by atoms with Gasteiger partial charge in [0.05, 0.1) is 97.4 Å². The molecule has 3 aromatic heterocycles. The molecule has 3 aliphatic rings. The molecule has 31 heteroatoms. The molecule has 12 N–H and O–H groups in total. The lowest BCUT2D eigenvalue weighted by Gasteiger charge is -2.18. The maximum atomic E-state index is 12.8. The SMILES string of the molecule is COC(=O)[C@H](Cc1ccc(N)cc1)NC(=O)c1c(Cl)cccc1Cl.COC(=O)[C@H](Cc1ccc(NC(=O)Cc2ccc3c(n2)NCCC3)cc1)NC(=O)c1c(Cl)cccc1Cl.O=C(Cc1ccc2c(n1)NCCC2)Nc1ccc(C[C@H](NC(=O)c2c(Cl)cccc2Cl)C(=O)O)cc1.O=C(O)Cc1ccc2c(n1)NCCC2. The number of ether oxygens (including phenoxy) is 2. The molecule has 111 heavy (non-hydrogen) atoms. The van der Waals surface area contributed by atoms with Crippen LogP contribution in [0.15, 0.2) is 164 Å². The molecule has 0 fully saturated rings. The Morgan fingerprint density at radius 1 is 0.414 bits per heavy atom. The number of halogens is 6. The van der Waals surface area contributed by atoms with E-state index in [2.05, 4.69) is 57.5 Å². The van der Waals surface area contributed by atoms with Gasteiger partial charge in [-0.15, -0.1) is 0 Å². The third-order valence-corrected chi connectivity index (χ3v) is 19.3. The number of rotatable bonds is 23. The molecule has 9 aromatic rings. The van der Waals surface area contributed by atoms with Gasteiger partial charge in [-0.25, -0.2) is 29.3 Å². The summed E-state index contributed by atoms with van der Waals surface area (Å²) >= 11 is 36.4. The summed E-state index contributed by atoms with van der Waals surface area (Å²) in [6.07, 6.45) is 6.99. The fourth-order valence-electron chi connectivity index (χ4n) is 11.8. The Labute approximate surface area is 669 Å². The first kappa shape index (κ1) is 84.0. The van der Waals surface area contributed by atoms with E-state index in [-0.39, 0.29) is 97.2 Å². The van der Waals surface area contributed by atoms with E-state index in [1.807, 2.05) is 30.3 Å². The maximum Gasteiger partial charge on any atom is 0.328 e. The number of anilines is 6. The van der Waals surface area contributed by atoms with Gasteiger partial charge in [-0.1, -0.05) is 142 Å². The summed E-state index contributed by atoms with van der Waals surface area (Å²) in [6, 6.07) is 43.3. The van der Waals surface area contributed by atoms with Gasteiger partial charge in [0.2, 0.25) is 11.8 Å². The normalized spacial score (nSPS) is 12.9. The zero-order valence-electron chi connectivity index (χ0n) is 60.0. The number of amides is 5. The number of aromatic nitrogens is 3. The van der Waals surface area contributed by atoms with Crippen LogP contribution in [0, 0.1) is 0 Å². The minimum absolute atomic E-state index is 0.00500. The molecule has 0 bridgehead atoms. The summed E-state index contributed by atoms with van der Waals surface area (Å²) in [5.74, 6) is -2.86. The molecule has 0 saturated carbocycles. The molecule has 5 amide bonds. The minimum atomic E-state index is -1.20. The zero-order chi connectivity index (χ0) is 79.7. The van der Waals surface area contributed by atoms with Crippen molar-refractivity contribution >= 4 is 158 Å². The number of nitrogens with one attached hydrogen (secondary N) is 8. The van der Waals surface area contributed by atoms with Gasteiger partial charge in [0.25, 0.3) is 17.7 Å². The molecule has 6 heterocycles. The molecular weight excluding hydrogens is 1550 g/mol. The molecule has 0 radical (unpaired) electrons. The molecule has 0 saturated heterocycles. The number of esters is 2. The smallest absolute Gasteiger partial charge is 0.328 e. The van der Waals surface area contributed by atoms with Gasteiger partial charge in [0.1, 0.15) is 35.6 Å². The van der Waals surface area contributed by atoms with Crippen molar-refractivity contribution in [2.75, 3.05) is 66.2 Å². The van der Waals surface area contributed by atoms with E-state index in [4.69, 9.17) is 89.9 Å². The van der Waals surface area contributed by atoms with Gasteiger partial charge >= 0.3 is 23.9 Å². The Hall–Kier alpha value is -11.1. The molecule has 578 valence electrons. The Bertz CT molecular complexity index is 4810. The Kier molecular flexibility index (Phi) is 31.1. The highest BCUT2D eigenvalue weighted by Gasteiger charge is 2.29. The Morgan fingerprint density at radius 2 is 0.712 bits per heavy atom. The van der Waals surface area contributed by atoms with Crippen LogP contribution in [0.4, 0.5) is 34.5 Å². The summed E-state index contributed by atoms with van der Waals surface area (Å²) in [7, 11) is 2.50. The molecule has 6 aromatic carbocycles. The number of carboxylic acid groups (broad SMARTS) is 2. The van der Waals surface area contributed by atoms with E-state index in [1.165, 1.54) is 37.5 Å². The summed E-state index contributed by atoms with van der Waals surface area (Å²) in [5.41, 5.74) is 15.4. The molecule has 25 nitrogen and oxygen atoms in total. The number of nitrogens with two attached hydrogens (primary N) is 1. The van der Waals surface area contributed by atoms with Crippen molar-refractivity contribution < 1.29 is 62.8 Å². The van der Waals surface area contributed by atoms with Gasteiger partial charge in [-0.3, -0.25) is 28.8 Å². The zero-order valence-corrected chi connectivity index (χ0v) is 64.5. The predicted octanol–water partition coefficient (Wildman–Crippen LogP) is 13.0. The van der Waals surface area contributed by atoms with E-state index in [1.54, 1.807) is 121 Å². The largest absolute Gasteiger partial charge is 0.481 e. The molecule has 3 aliphatic heterocycles. The Morgan fingerprint density at radius 3 is 1.02 bits per heavy atom. The summed E-state index contributed by atoms with van der Waals surface area (Å²) in [6.45, 7) is 2.69. The van der Waals surface area contributed by atoms with Crippen molar-refractivity contribution in [3.8, 4) is 0 Å². The van der Waals surface area contributed by atoms with Crippen molar-refractivity contribution in [3.63, 3.8) is 0 Å². The number of hydrogen-bond donors (Lipinski definition) is 11. The lowest BCUT2D eigenvalue weighted by molar-refractivity contribution is -0.143. The lowest BCUT2D eigenvalue weighted by atomic mass is 10.0. The number of nitrogens with zero attached hydrogens (tertiary/aromatic N) is 3. The van der Waals surface area contributed by atoms with E-state index < -0.39 is 59.7 Å². The average Bonchev–Trinajstić information content (AvgIpc) is 0.852. The van der Waals surface area contributed by atoms with Gasteiger partial charge in [0, 0.05) is 56.0 Å². The molecule has 12 rings (SSSR count). The summed E-state index contributed by atoms with van der Waals surface area (Å²) in [5, 5.41) is 42.4. The van der Waals surface area contributed by atoms with Crippen molar-refractivity contribution in [2.24, 2.45) is 0 Å². The number of hydrogen-bond acceptors (Lipinski definition) is 18. The first-order chi connectivity index (χ1) is 53.3. The fraction of sp³-hybridized carbons (Fsp3) is 0.250. The van der Waals surface area contributed by atoms with E-state index >= 15 is 0 Å². The topological polar surface area (TPSA) is 373 Å². The molecular formula is C80H78Cl6N12O13. The number of aryl methyl sites for hydroxylation is 3. The van der Waals surface area contributed by atoms with Gasteiger partial charge in [-0.2, -0.15) is 0 Å². The summed E-state index contributed by atoms with van der Waals surface area (Å²) < 4.78 is 9.62. The second-order valence-electron chi connectivity index (χ2n) is 25.5. The second-order valence-corrected chi connectivity index (χ2v) is 28.0. The Balaban J connectivity index is 0.000000179. The first-order valence-electron chi connectivity index (χ1n) is 35.0. The highest BCUT2D eigenvalue weighted by atomic mass is 35.5. The van der Waals surface area contributed by atoms with E-state index in [0.717, 1.165) is 92.3 Å². The lowest BCUT2D eigenvalue weighted by Crippen LogP contribution is -2.43. The maximum absolute atomic E-state index is 12.8. The van der Waals surface area contributed by atoms with Crippen LogP contribution in [0.5, 0.6) is 0 Å². The third-order valence-electron chi connectivity index (χ3n) is 17.4. The molecule has 0 aliphatic carbocycles. The number of nitrogen functional groups attached to an aromatic ring is 1. The monoisotopic (exact) mass is 1620 g/mol. The molecule has 0 unspecified atom stereocenters. The number of carboxylic acids is 2. The number of carbonyl (C=O) groups is 9. The van der Waals surface area contributed by atoms with Crippen LogP contribution < -0.4 is 48.3 Å². The number of pyridine rings is 3. The van der Waals surface area contributed by atoms with Crippen LogP contribution >= 0.6 is 69.6 Å². The van der Waals surface area contributed by atoms with Crippen LogP contribution in [-0.4, -0.2) is 131 Å². The third kappa shape index (κ3) is 25.0. The quantitative estimate of drug-likeness (QED) is 0.0209.